The van der Waals surface area contributed by atoms with Crippen LogP contribution < -0.4 is 0 Å². The molecule has 2 aromatic rings. The monoisotopic (exact) mass is 266 g/mol. The van der Waals surface area contributed by atoms with E-state index in [1.54, 1.807) is 0 Å². The predicted octanol–water partition coefficient (Wildman–Crippen LogP) is 3.99. The number of aromatic nitrogens is 2. The average molecular weight is 267 g/mol. The molecule has 0 aliphatic rings. The summed E-state index contributed by atoms with van der Waals surface area (Å²) in [5.74, 6) is 0. The number of rotatable bonds is 4. The van der Waals surface area contributed by atoms with Crippen LogP contribution in [0.2, 0.25) is 0 Å². The molecule has 0 atom stereocenters. The maximum absolute atomic E-state index is 4.49. The van der Waals surface area contributed by atoms with E-state index in [2.05, 4.69) is 50.8 Å². The number of aryl methyl sites for hydroxylation is 1. The summed E-state index contributed by atoms with van der Waals surface area (Å²) < 4.78 is 3.05. The van der Waals surface area contributed by atoms with Gasteiger partial charge in [0.25, 0.3) is 0 Å². The summed E-state index contributed by atoms with van der Waals surface area (Å²) in [7, 11) is 0. The first-order valence-corrected chi connectivity index (χ1v) is 6.23. The minimum atomic E-state index is 0.953. The van der Waals surface area contributed by atoms with Crippen LogP contribution in [-0.2, 0) is 6.54 Å². The number of nitrogens with zero attached hydrogens (tertiary/aromatic N) is 2. The van der Waals surface area contributed by atoms with E-state index in [4.69, 9.17) is 0 Å². The number of para-hydroxylation sites is 1. The fourth-order valence-corrected chi connectivity index (χ4v) is 2.30. The van der Waals surface area contributed by atoms with Crippen LogP contribution in [0.5, 0.6) is 0 Å². The molecule has 0 aliphatic heterocycles. The van der Waals surface area contributed by atoms with Crippen LogP contribution in [0, 0.1) is 0 Å². The summed E-state index contributed by atoms with van der Waals surface area (Å²) in [6.45, 7) is 3.23. The van der Waals surface area contributed by atoms with Crippen LogP contribution in [0.3, 0.4) is 0 Å². The van der Waals surface area contributed by atoms with Crippen molar-refractivity contribution >= 4 is 26.8 Å². The van der Waals surface area contributed by atoms with Crippen molar-refractivity contribution in [2.45, 2.75) is 32.7 Å². The van der Waals surface area contributed by atoms with Crippen molar-refractivity contribution in [2.75, 3.05) is 0 Å². The van der Waals surface area contributed by atoms with E-state index in [9.17, 15) is 0 Å². The smallest absolute Gasteiger partial charge is 0.135 e. The second-order valence-corrected chi connectivity index (χ2v) is 4.49. The van der Waals surface area contributed by atoms with Crippen LogP contribution in [0.1, 0.15) is 26.2 Å². The molecule has 0 unspecified atom stereocenters. The number of hydrogen-bond donors (Lipinski definition) is 0. The molecule has 2 rings (SSSR count). The summed E-state index contributed by atoms with van der Waals surface area (Å²) >= 11 is 3.49. The molecule has 1 aromatic carbocycles. The van der Waals surface area contributed by atoms with Gasteiger partial charge in [-0.1, -0.05) is 38.0 Å². The number of benzene rings is 1. The lowest BCUT2D eigenvalue weighted by molar-refractivity contribution is 0.565. The van der Waals surface area contributed by atoms with Gasteiger partial charge in [-0.05, 0) is 28.4 Å². The minimum absolute atomic E-state index is 0.953. The van der Waals surface area contributed by atoms with Gasteiger partial charge in [-0.15, -0.1) is 0 Å². The van der Waals surface area contributed by atoms with Gasteiger partial charge < -0.3 is 0 Å². The van der Waals surface area contributed by atoms with Gasteiger partial charge in [-0.2, -0.15) is 5.10 Å². The minimum Gasteiger partial charge on any atom is -0.264 e. The Kier molecular flexibility index (Phi) is 3.41. The Bertz CT molecular complexity index is 448. The van der Waals surface area contributed by atoms with Crippen molar-refractivity contribution in [1.29, 1.82) is 0 Å². The Morgan fingerprint density at radius 2 is 2.07 bits per heavy atom. The van der Waals surface area contributed by atoms with E-state index in [0.29, 0.717) is 0 Å². The molecule has 0 radical (unpaired) electrons. The summed E-state index contributed by atoms with van der Waals surface area (Å²) in [6.07, 6.45) is 3.72. The molecule has 0 spiro atoms. The van der Waals surface area contributed by atoms with Crippen LogP contribution in [0.25, 0.3) is 10.9 Å². The Balaban J connectivity index is 2.27. The standard InChI is InChI=1S/C12H15BrN2/c1-2-3-6-9-15-11-8-5-4-7-10(11)12(13)14-15/h4-5,7-8H,2-3,6,9H2,1H3. The van der Waals surface area contributed by atoms with Crippen molar-refractivity contribution in [2.24, 2.45) is 0 Å². The van der Waals surface area contributed by atoms with Gasteiger partial charge in [-0.3, -0.25) is 4.68 Å². The zero-order chi connectivity index (χ0) is 10.7. The second kappa shape index (κ2) is 4.79. The highest BCUT2D eigenvalue weighted by Crippen LogP contribution is 2.23. The molecular formula is C12H15BrN2. The van der Waals surface area contributed by atoms with E-state index in [1.165, 1.54) is 30.2 Å². The van der Waals surface area contributed by atoms with Gasteiger partial charge in [0.2, 0.25) is 0 Å². The van der Waals surface area contributed by atoms with Gasteiger partial charge in [0.05, 0.1) is 5.52 Å². The van der Waals surface area contributed by atoms with E-state index in [0.717, 1.165) is 11.1 Å². The molecule has 0 amide bonds. The first-order valence-electron chi connectivity index (χ1n) is 5.44. The molecule has 80 valence electrons. The molecule has 0 fully saturated rings. The molecule has 0 saturated heterocycles. The number of hydrogen-bond acceptors (Lipinski definition) is 1. The molecule has 2 nitrogen and oxygen atoms in total. The van der Waals surface area contributed by atoms with Crippen molar-refractivity contribution in [3.05, 3.63) is 28.9 Å². The number of unbranched alkanes of at least 4 members (excludes halogenated alkanes) is 2. The molecule has 0 N–H and O–H groups in total. The highest BCUT2D eigenvalue weighted by molar-refractivity contribution is 9.10. The predicted molar refractivity (Wildman–Crippen MR) is 67.0 cm³/mol. The largest absolute Gasteiger partial charge is 0.264 e. The average Bonchev–Trinajstić information content (AvgIpc) is 2.58. The molecule has 15 heavy (non-hydrogen) atoms. The Hall–Kier alpha value is -0.830. The van der Waals surface area contributed by atoms with Crippen LogP contribution in [0.4, 0.5) is 0 Å². The van der Waals surface area contributed by atoms with Gasteiger partial charge in [0, 0.05) is 11.9 Å². The molecule has 1 heterocycles. The van der Waals surface area contributed by atoms with Gasteiger partial charge >= 0.3 is 0 Å². The fraction of sp³-hybridized carbons (Fsp3) is 0.417. The molecule has 0 aliphatic carbocycles. The summed E-state index contributed by atoms with van der Waals surface area (Å²) in [4.78, 5) is 0. The lowest BCUT2D eigenvalue weighted by Gasteiger charge is -2.01. The third-order valence-corrected chi connectivity index (χ3v) is 3.17. The van der Waals surface area contributed by atoms with Gasteiger partial charge in [0.15, 0.2) is 0 Å². The summed E-state index contributed by atoms with van der Waals surface area (Å²) in [5.41, 5.74) is 1.22. The zero-order valence-electron chi connectivity index (χ0n) is 8.91. The van der Waals surface area contributed by atoms with E-state index in [-0.39, 0.29) is 0 Å². The second-order valence-electron chi connectivity index (χ2n) is 3.74. The van der Waals surface area contributed by atoms with Crippen molar-refractivity contribution in [3.63, 3.8) is 0 Å². The molecule has 3 heteroatoms. The Morgan fingerprint density at radius 1 is 1.27 bits per heavy atom. The van der Waals surface area contributed by atoms with Crippen LogP contribution in [0.15, 0.2) is 28.9 Å². The van der Waals surface area contributed by atoms with Gasteiger partial charge in [0.1, 0.15) is 4.60 Å². The van der Waals surface area contributed by atoms with Crippen molar-refractivity contribution in [3.8, 4) is 0 Å². The maximum Gasteiger partial charge on any atom is 0.135 e. The SMILES string of the molecule is CCCCCn1nc(Br)c2ccccc21. The third kappa shape index (κ3) is 2.23. The maximum atomic E-state index is 4.49. The molecule has 0 bridgehead atoms. The first-order chi connectivity index (χ1) is 7.33. The lowest BCUT2D eigenvalue weighted by Crippen LogP contribution is -1.99. The van der Waals surface area contributed by atoms with Crippen LogP contribution in [-0.4, -0.2) is 9.78 Å². The highest BCUT2D eigenvalue weighted by Gasteiger charge is 2.06. The Labute approximate surface area is 98.4 Å². The van der Waals surface area contributed by atoms with Crippen LogP contribution >= 0.6 is 15.9 Å². The zero-order valence-corrected chi connectivity index (χ0v) is 10.5. The topological polar surface area (TPSA) is 17.8 Å². The molecule has 1 aromatic heterocycles. The normalized spacial score (nSPS) is 11.1. The molecule has 0 saturated carbocycles. The summed E-state index contributed by atoms with van der Waals surface area (Å²) in [6, 6.07) is 8.33. The summed E-state index contributed by atoms with van der Waals surface area (Å²) in [5, 5.41) is 5.70. The van der Waals surface area contributed by atoms with Crippen molar-refractivity contribution in [1.82, 2.24) is 9.78 Å². The fourth-order valence-electron chi connectivity index (χ4n) is 1.77. The third-order valence-electron chi connectivity index (χ3n) is 2.59. The molecular weight excluding hydrogens is 252 g/mol. The number of fused-ring (bicyclic) bond motifs is 1. The van der Waals surface area contributed by atoms with Crippen molar-refractivity contribution < 1.29 is 0 Å². The first kappa shape index (κ1) is 10.7. The van der Waals surface area contributed by atoms with E-state index in [1.807, 2.05) is 6.07 Å². The van der Waals surface area contributed by atoms with E-state index >= 15 is 0 Å². The Morgan fingerprint density at radius 3 is 2.87 bits per heavy atom. The quantitative estimate of drug-likeness (QED) is 0.766. The number of halogens is 1. The highest BCUT2D eigenvalue weighted by atomic mass is 79.9. The van der Waals surface area contributed by atoms with Gasteiger partial charge in [-0.25, -0.2) is 0 Å². The lowest BCUT2D eigenvalue weighted by atomic mass is 10.2. The van der Waals surface area contributed by atoms with E-state index < -0.39 is 0 Å².